The third kappa shape index (κ3) is 11.8. The fourth-order valence-corrected chi connectivity index (χ4v) is 4.87. The summed E-state index contributed by atoms with van der Waals surface area (Å²) in [6.07, 6.45) is 12.9. The van der Waals surface area contributed by atoms with E-state index in [2.05, 4.69) is 45.2 Å². The zero-order valence-corrected chi connectivity index (χ0v) is 19.8. The molecule has 0 heterocycles. The van der Waals surface area contributed by atoms with Crippen LogP contribution in [0.25, 0.3) is 0 Å². The van der Waals surface area contributed by atoms with Crippen LogP contribution in [0, 0.1) is 0 Å². The highest BCUT2D eigenvalue weighted by Crippen LogP contribution is 2.24. The van der Waals surface area contributed by atoms with Gasteiger partial charge in [0, 0.05) is 12.8 Å². The maximum absolute atomic E-state index is 11.2. The van der Waals surface area contributed by atoms with Gasteiger partial charge in [0.2, 0.25) is 0 Å². The zero-order chi connectivity index (χ0) is 21.6. The normalized spacial score (nSPS) is 15.2. The van der Waals surface area contributed by atoms with Crippen molar-refractivity contribution in [3.8, 4) is 0 Å². The summed E-state index contributed by atoms with van der Waals surface area (Å²) in [5, 5.41) is 0. The number of benzene rings is 1. The minimum atomic E-state index is -3.89. The molecular weight excluding hydrogens is 382 g/mol. The number of nitrogens with zero attached hydrogens (tertiary/aromatic N) is 1. The average molecular weight is 427 g/mol. The van der Waals surface area contributed by atoms with Gasteiger partial charge in [0.25, 0.3) is 10.1 Å². The molecule has 4 nitrogen and oxygen atoms in total. The lowest BCUT2D eigenvalue weighted by Gasteiger charge is -2.42. The highest BCUT2D eigenvalue weighted by molar-refractivity contribution is 7.85. The van der Waals surface area contributed by atoms with Crippen molar-refractivity contribution in [3.05, 3.63) is 35.9 Å². The van der Waals surface area contributed by atoms with Gasteiger partial charge in [0.1, 0.15) is 0 Å². The molecule has 29 heavy (non-hydrogen) atoms. The van der Waals surface area contributed by atoms with Crippen molar-refractivity contribution in [3.63, 3.8) is 0 Å². The third-order valence-corrected chi connectivity index (χ3v) is 7.02. The molecule has 1 aromatic rings. The summed E-state index contributed by atoms with van der Waals surface area (Å²) in [7, 11) is -1.60. The van der Waals surface area contributed by atoms with E-state index in [-0.39, 0.29) is 5.75 Å². The van der Waals surface area contributed by atoms with Crippen LogP contribution in [0.5, 0.6) is 0 Å². The quantitative estimate of drug-likeness (QED) is 0.192. The lowest BCUT2D eigenvalue weighted by molar-refractivity contribution is -0.934. The Balaban J connectivity index is 2.75. The van der Waals surface area contributed by atoms with E-state index < -0.39 is 10.1 Å². The lowest BCUT2D eigenvalue weighted by Crippen LogP contribution is -2.54. The fourth-order valence-electron chi connectivity index (χ4n) is 4.38. The molecule has 0 saturated heterocycles. The molecule has 0 fully saturated rings. The van der Waals surface area contributed by atoms with Gasteiger partial charge in [0.15, 0.2) is 0 Å². The van der Waals surface area contributed by atoms with Gasteiger partial charge in [-0.2, -0.15) is 8.42 Å². The standard InChI is InChI=1S/C24H43NO3S/c1-4-6-7-8-9-13-18-24(15-5-2)25(3,20-14-22-29(26,27)28)21-19-23-16-11-10-12-17-23/h10-12,16-17,24H,4-9,13-15,18-22H2,1-3H3/p+1. The van der Waals surface area contributed by atoms with E-state index in [0.717, 1.165) is 30.4 Å². The van der Waals surface area contributed by atoms with Crippen LogP contribution in [0.15, 0.2) is 30.3 Å². The van der Waals surface area contributed by atoms with Crippen LogP contribution < -0.4 is 0 Å². The van der Waals surface area contributed by atoms with E-state index >= 15 is 0 Å². The highest BCUT2D eigenvalue weighted by Gasteiger charge is 2.31. The molecule has 0 aliphatic heterocycles. The van der Waals surface area contributed by atoms with Crippen molar-refractivity contribution in [2.24, 2.45) is 0 Å². The van der Waals surface area contributed by atoms with Crippen molar-refractivity contribution in [1.82, 2.24) is 0 Å². The van der Waals surface area contributed by atoms with Gasteiger partial charge in [-0.3, -0.25) is 4.55 Å². The number of rotatable bonds is 17. The Kier molecular flexibility index (Phi) is 12.8. The predicted molar refractivity (Wildman–Crippen MR) is 124 cm³/mol. The second-order valence-electron chi connectivity index (χ2n) is 8.80. The SMILES string of the molecule is CCCCCCCCC(CCC)[N+](C)(CCCS(=O)(=O)O)CCc1ccccc1. The van der Waals surface area contributed by atoms with Gasteiger partial charge in [-0.05, 0) is 24.8 Å². The van der Waals surface area contributed by atoms with Crippen molar-refractivity contribution in [2.75, 3.05) is 25.9 Å². The van der Waals surface area contributed by atoms with Gasteiger partial charge in [-0.15, -0.1) is 0 Å². The van der Waals surface area contributed by atoms with Gasteiger partial charge >= 0.3 is 0 Å². The first-order chi connectivity index (χ1) is 13.8. The van der Waals surface area contributed by atoms with E-state index in [1.54, 1.807) is 0 Å². The van der Waals surface area contributed by atoms with E-state index in [0.29, 0.717) is 12.5 Å². The second kappa shape index (κ2) is 14.2. The van der Waals surface area contributed by atoms with Crippen LogP contribution in [-0.4, -0.2) is 49.4 Å². The molecule has 5 heteroatoms. The van der Waals surface area contributed by atoms with Gasteiger partial charge in [-0.1, -0.05) is 82.7 Å². The molecule has 0 bridgehead atoms. The lowest BCUT2D eigenvalue weighted by atomic mass is 9.98. The average Bonchev–Trinajstić information content (AvgIpc) is 2.68. The summed E-state index contributed by atoms with van der Waals surface area (Å²) in [4.78, 5) is 0. The molecule has 1 rings (SSSR count). The summed E-state index contributed by atoms with van der Waals surface area (Å²) in [5.74, 6) is -0.137. The van der Waals surface area contributed by atoms with Gasteiger partial charge in [-0.25, -0.2) is 0 Å². The summed E-state index contributed by atoms with van der Waals surface area (Å²) < 4.78 is 32.5. The molecule has 0 aromatic heterocycles. The van der Waals surface area contributed by atoms with Crippen LogP contribution in [0.4, 0.5) is 0 Å². The Morgan fingerprint density at radius 1 is 0.862 bits per heavy atom. The maximum Gasteiger partial charge on any atom is 0.265 e. The summed E-state index contributed by atoms with van der Waals surface area (Å²) in [6, 6.07) is 11.1. The first kappa shape index (κ1) is 26.1. The molecular formula is C24H44NO3S+. The van der Waals surface area contributed by atoms with Gasteiger partial charge in [0.05, 0.1) is 31.9 Å². The van der Waals surface area contributed by atoms with E-state index in [4.69, 9.17) is 0 Å². The summed E-state index contributed by atoms with van der Waals surface area (Å²) >= 11 is 0. The second-order valence-corrected chi connectivity index (χ2v) is 10.4. The molecule has 1 aromatic carbocycles. The predicted octanol–water partition coefficient (Wildman–Crippen LogP) is 5.87. The molecule has 0 amide bonds. The smallest absolute Gasteiger partial charge is 0.265 e. The Morgan fingerprint density at radius 2 is 1.52 bits per heavy atom. The molecule has 1 N–H and O–H groups in total. The van der Waals surface area contributed by atoms with Crippen LogP contribution in [0.1, 0.15) is 83.6 Å². The molecule has 168 valence electrons. The highest BCUT2D eigenvalue weighted by atomic mass is 32.2. The largest absolute Gasteiger partial charge is 0.323 e. The zero-order valence-electron chi connectivity index (χ0n) is 19.0. The van der Waals surface area contributed by atoms with Crippen LogP contribution >= 0.6 is 0 Å². The molecule has 2 unspecified atom stereocenters. The summed E-state index contributed by atoms with van der Waals surface area (Å²) in [6.45, 7) is 6.30. The molecule has 0 saturated carbocycles. The number of hydrogen-bond acceptors (Lipinski definition) is 2. The molecule has 0 aliphatic rings. The molecule has 0 radical (unpaired) electrons. The number of hydrogen-bond donors (Lipinski definition) is 1. The summed E-state index contributed by atoms with van der Waals surface area (Å²) in [5.41, 5.74) is 1.33. The first-order valence-corrected chi connectivity index (χ1v) is 13.2. The van der Waals surface area contributed by atoms with Crippen LogP contribution in [0.2, 0.25) is 0 Å². The Bertz CT molecular complexity index is 633. The maximum atomic E-state index is 11.2. The molecule has 0 aliphatic carbocycles. The van der Waals surface area contributed by atoms with Crippen molar-refractivity contribution in [1.29, 1.82) is 0 Å². The van der Waals surface area contributed by atoms with Crippen molar-refractivity contribution < 1.29 is 17.5 Å². The Morgan fingerprint density at radius 3 is 2.14 bits per heavy atom. The fraction of sp³-hybridized carbons (Fsp3) is 0.750. The van der Waals surface area contributed by atoms with Crippen LogP contribution in [-0.2, 0) is 16.5 Å². The molecule has 0 spiro atoms. The van der Waals surface area contributed by atoms with Crippen molar-refractivity contribution in [2.45, 2.75) is 90.5 Å². The van der Waals surface area contributed by atoms with Gasteiger partial charge < -0.3 is 4.48 Å². The minimum Gasteiger partial charge on any atom is -0.323 e. The van der Waals surface area contributed by atoms with Crippen molar-refractivity contribution >= 4 is 10.1 Å². The Hall–Kier alpha value is -0.910. The van der Waals surface area contributed by atoms with E-state index in [1.807, 2.05) is 6.07 Å². The minimum absolute atomic E-state index is 0.137. The Labute approximate surface area is 180 Å². The third-order valence-electron chi connectivity index (χ3n) is 6.22. The van der Waals surface area contributed by atoms with E-state index in [1.165, 1.54) is 56.9 Å². The topological polar surface area (TPSA) is 54.4 Å². The van der Waals surface area contributed by atoms with Crippen LogP contribution in [0.3, 0.4) is 0 Å². The number of quaternary nitrogens is 1. The number of likely N-dealkylation sites (N-methyl/N-ethyl adjacent to an activating group) is 1. The first-order valence-electron chi connectivity index (χ1n) is 11.6. The number of unbranched alkanes of at least 4 members (excludes halogenated alkanes) is 5. The monoisotopic (exact) mass is 426 g/mol. The molecule has 2 atom stereocenters. The van der Waals surface area contributed by atoms with E-state index in [9.17, 15) is 13.0 Å².